The number of allylic oxidation sites excluding steroid dienone is 1. The molecule has 0 bridgehead atoms. The minimum Gasteiger partial charge on any atom is -0.327 e. The number of rotatable bonds is 4. The third-order valence-electron chi connectivity index (χ3n) is 4.64. The zero-order valence-electron chi connectivity index (χ0n) is 15.8. The van der Waals surface area contributed by atoms with Crippen molar-refractivity contribution in [3.05, 3.63) is 74.9 Å². The van der Waals surface area contributed by atoms with Crippen molar-refractivity contribution in [1.82, 2.24) is 10.6 Å². The Balaban J connectivity index is 2.02. The molecular weight excluding hydrogens is 397 g/mol. The van der Waals surface area contributed by atoms with E-state index in [0.29, 0.717) is 26.9 Å². The summed E-state index contributed by atoms with van der Waals surface area (Å²) in [6, 6.07) is 11.7. The Morgan fingerprint density at radius 1 is 1.11 bits per heavy atom. The van der Waals surface area contributed by atoms with Gasteiger partial charge in [-0.15, -0.1) is 0 Å². The molecule has 0 radical (unpaired) electrons. The van der Waals surface area contributed by atoms with Gasteiger partial charge in [-0.2, -0.15) is 0 Å². The van der Waals surface area contributed by atoms with Gasteiger partial charge in [-0.1, -0.05) is 67.4 Å². The Morgan fingerprint density at radius 3 is 2.54 bits per heavy atom. The molecule has 2 aromatic rings. The highest BCUT2D eigenvalue weighted by molar-refractivity contribution is 6.42. The molecule has 3 rings (SSSR count). The molecule has 146 valence electrons. The van der Waals surface area contributed by atoms with E-state index < -0.39 is 12.1 Å². The van der Waals surface area contributed by atoms with Gasteiger partial charge in [0.1, 0.15) is 0 Å². The van der Waals surface area contributed by atoms with Crippen LogP contribution in [0.15, 0.2) is 53.7 Å². The number of hydrogen-bond donors (Lipinski definition) is 3. The zero-order valence-corrected chi connectivity index (χ0v) is 17.3. The zero-order chi connectivity index (χ0) is 20.4. The van der Waals surface area contributed by atoms with Gasteiger partial charge in [-0.05, 0) is 36.1 Å². The number of anilines is 1. The minimum absolute atomic E-state index is 0.244. The second-order valence-corrected chi connectivity index (χ2v) is 7.69. The van der Waals surface area contributed by atoms with E-state index in [1.54, 1.807) is 25.1 Å². The number of carbonyl (C=O) groups excluding carboxylic acids is 2. The standard InChI is InChI=1S/C21H21Cl2N3O2/c1-11(2)13-7-4-5-10-16(13)25-20(27)17-12(3)24-21(28)26-19(17)14-8-6-9-15(22)18(14)23/h4-11,19H,1-3H3,(H,25,27)(H2,24,26,28)/t19-/m1/s1. The summed E-state index contributed by atoms with van der Waals surface area (Å²) in [4.78, 5) is 25.3. The Hall–Kier alpha value is -2.50. The molecule has 2 aromatic carbocycles. The minimum atomic E-state index is -0.717. The lowest BCUT2D eigenvalue weighted by Crippen LogP contribution is -2.46. The molecule has 3 N–H and O–H groups in total. The highest BCUT2D eigenvalue weighted by Crippen LogP contribution is 2.36. The molecule has 0 unspecified atom stereocenters. The van der Waals surface area contributed by atoms with Crippen LogP contribution in [0.3, 0.4) is 0 Å². The van der Waals surface area contributed by atoms with Crippen molar-refractivity contribution in [2.75, 3.05) is 5.32 Å². The van der Waals surface area contributed by atoms with Gasteiger partial charge in [0, 0.05) is 11.4 Å². The number of halogens is 2. The average Bonchev–Trinajstić information content (AvgIpc) is 2.63. The maximum absolute atomic E-state index is 13.2. The van der Waals surface area contributed by atoms with Crippen molar-refractivity contribution in [2.45, 2.75) is 32.7 Å². The molecule has 0 spiro atoms. The van der Waals surface area contributed by atoms with Crippen LogP contribution in [0.5, 0.6) is 0 Å². The highest BCUT2D eigenvalue weighted by atomic mass is 35.5. The van der Waals surface area contributed by atoms with Crippen molar-refractivity contribution >= 4 is 40.8 Å². The molecule has 1 atom stereocenters. The van der Waals surface area contributed by atoms with E-state index in [2.05, 4.69) is 29.8 Å². The summed E-state index contributed by atoms with van der Waals surface area (Å²) in [6.07, 6.45) is 0. The van der Waals surface area contributed by atoms with Crippen LogP contribution >= 0.6 is 23.2 Å². The number of benzene rings is 2. The Kier molecular flexibility index (Phi) is 5.96. The van der Waals surface area contributed by atoms with Gasteiger partial charge in [-0.3, -0.25) is 4.79 Å². The molecule has 28 heavy (non-hydrogen) atoms. The van der Waals surface area contributed by atoms with Crippen molar-refractivity contribution in [3.63, 3.8) is 0 Å². The summed E-state index contributed by atoms with van der Waals surface area (Å²) < 4.78 is 0. The van der Waals surface area contributed by atoms with Crippen LogP contribution in [-0.2, 0) is 4.79 Å². The number of carbonyl (C=O) groups is 2. The smallest absolute Gasteiger partial charge is 0.319 e. The van der Waals surface area contributed by atoms with E-state index in [9.17, 15) is 9.59 Å². The first-order valence-corrected chi connectivity index (χ1v) is 9.67. The number of nitrogens with one attached hydrogen (secondary N) is 3. The molecule has 0 saturated carbocycles. The monoisotopic (exact) mass is 417 g/mol. The summed E-state index contributed by atoms with van der Waals surface area (Å²) in [6.45, 7) is 5.81. The van der Waals surface area contributed by atoms with Gasteiger partial charge in [0.05, 0.1) is 21.7 Å². The summed E-state index contributed by atoms with van der Waals surface area (Å²) in [5.41, 5.74) is 3.16. The number of para-hydroxylation sites is 1. The van der Waals surface area contributed by atoms with Gasteiger partial charge in [0.25, 0.3) is 5.91 Å². The predicted octanol–water partition coefficient (Wildman–Crippen LogP) is 5.38. The van der Waals surface area contributed by atoms with Gasteiger partial charge >= 0.3 is 6.03 Å². The van der Waals surface area contributed by atoms with E-state index in [0.717, 1.165) is 11.3 Å². The fraction of sp³-hybridized carbons (Fsp3) is 0.238. The first kappa shape index (κ1) is 20.2. The lowest BCUT2D eigenvalue weighted by molar-refractivity contribution is -0.113. The van der Waals surface area contributed by atoms with Crippen molar-refractivity contribution < 1.29 is 9.59 Å². The molecule has 3 amide bonds. The lowest BCUT2D eigenvalue weighted by atomic mass is 9.94. The molecule has 0 fully saturated rings. The van der Waals surface area contributed by atoms with Crippen LogP contribution in [0.25, 0.3) is 0 Å². The van der Waals surface area contributed by atoms with Crippen LogP contribution in [0.4, 0.5) is 10.5 Å². The molecule has 0 aliphatic carbocycles. The highest BCUT2D eigenvalue weighted by Gasteiger charge is 2.33. The van der Waals surface area contributed by atoms with Crippen LogP contribution in [0.2, 0.25) is 10.0 Å². The summed E-state index contributed by atoms with van der Waals surface area (Å²) in [5, 5.41) is 9.07. The van der Waals surface area contributed by atoms with E-state index in [1.165, 1.54) is 0 Å². The maximum atomic E-state index is 13.2. The summed E-state index contributed by atoms with van der Waals surface area (Å²) >= 11 is 12.5. The summed E-state index contributed by atoms with van der Waals surface area (Å²) in [5.74, 6) is -0.0759. The van der Waals surface area contributed by atoms with Crippen molar-refractivity contribution in [1.29, 1.82) is 0 Å². The van der Waals surface area contributed by atoms with Gasteiger partial charge in [0.2, 0.25) is 0 Å². The average molecular weight is 418 g/mol. The SMILES string of the molecule is CC1=C(C(=O)Nc2ccccc2C(C)C)[C@@H](c2cccc(Cl)c2Cl)NC(=O)N1. The first-order valence-electron chi connectivity index (χ1n) is 8.92. The van der Waals surface area contributed by atoms with Crippen molar-refractivity contribution in [2.24, 2.45) is 0 Å². The largest absolute Gasteiger partial charge is 0.327 e. The van der Waals surface area contributed by atoms with Crippen LogP contribution < -0.4 is 16.0 Å². The molecule has 1 aliphatic rings. The Labute approximate surface area is 174 Å². The number of amides is 3. The second kappa shape index (κ2) is 8.25. The number of urea groups is 1. The normalized spacial score (nSPS) is 16.6. The van der Waals surface area contributed by atoms with Crippen LogP contribution in [-0.4, -0.2) is 11.9 Å². The molecule has 0 aromatic heterocycles. The van der Waals surface area contributed by atoms with Crippen molar-refractivity contribution in [3.8, 4) is 0 Å². The Morgan fingerprint density at radius 2 is 1.82 bits per heavy atom. The van der Waals surface area contributed by atoms with E-state index in [-0.39, 0.29) is 11.8 Å². The quantitative estimate of drug-likeness (QED) is 0.624. The van der Waals surface area contributed by atoms with E-state index in [4.69, 9.17) is 23.2 Å². The molecule has 5 nitrogen and oxygen atoms in total. The second-order valence-electron chi connectivity index (χ2n) is 6.91. The fourth-order valence-corrected chi connectivity index (χ4v) is 3.69. The maximum Gasteiger partial charge on any atom is 0.319 e. The lowest BCUT2D eigenvalue weighted by Gasteiger charge is -2.29. The predicted molar refractivity (Wildman–Crippen MR) is 113 cm³/mol. The van der Waals surface area contributed by atoms with Crippen LogP contribution in [0.1, 0.15) is 43.9 Å². The first-order chi connectivity index (χ1) is 13.3. The molecule has 7 heteroatoms. The van der Waals surface area contributed by atoms with E-state index >= 15 is 0 Å². The molecule has 0 saturated heterocycles. The van der Waals surface area contributed by atoms with Crippen LogP contribution in [0, 0.1) is 0 Å². The third kappa shape index (κ3) is 4.01. The van der Waals surface area contributed by atoms with Gasteiger partial charge in [0.15, 0.2) is 0 Å². The number of hydrogen-bond acceptors (Lipinski definition) is 2. The molecular formula is C21H21Cl2N3O2. The fourth-order valence-electron chi connectivity index (χ4n) is 3.28. The van der Waals surface area contributed by atoms with Gasteiger partial charge < -0.3 is 16.0 Å². The van der Waals surface area contributed by atoms with E-state index in [1.807, 2.05) is 24.3 Å². The summed E-state index contributed by atoms with van der Waals surface area (Å²) in [7, 11) is 0. The third-order valence-corrected chi connectivity index (χ3v) is 5.47. The Bertz CT molecular complexity index is 970. The topological polar surface area (TPSA) is 70.2 Å². The van der Waals surface area contributed by atoms with Gasteiger partial charge in [-0.25, -0.2) is 4.79 Å². The molecule has 1 aliphatic heterocycles. The molecule has 1 heterocycles.